The minimum Gasteiger partial charge on any atom is -0.465 e. The first kappa shape index (κ1) is 13.6. The molecule has 102 valence electrons. The molecule has 0 radical (unpaired) electrons. The molecule has 0 fully saturated rings. The van der Waals surface area contributed by atoms with Gasteiger partial charge >= 0.3 is 6.09 Å². The Labute approximate surface area is 113 Å². The van der Waals surface area contributed by atoms with Crippen LogP contribution in [0.4, 0.5) is 10.5 Å². The van der Waals surface area contributed by atoms with Gasteiger partial charge in [0.25, 0.3) is 0 Å². The minimum absolute atomic E-state index is 0.0599. The predicted molar refractivity (Wildman–Crippen MR) is 76.6 cm³/mol. The summed E-state index contributed by atoms with van der Waals surface area (Å²) >= 11 is 0. The van der Waals surface area contributed by atoms with Gasteiger partial charge in [-0.1, -0.05) is 27.4 Å². The monoisotopic (exact) mass is 260 g/mol. The summed E-state index contributed by atoms with van der Waals surface area (Å²) in [6.07, 6.45) is 0.644. The zero-order valence-electron chi connectivity index (χ0n) is 11.7. The molecule has 2 heterocycles. The largest absolute Gasteiger partial charge is 0.465 e. The van der Waals surface area contributed by atoms with E-state index in [1.54, 1.807) is 0 Å². The average molecular weight is 260 g/mol. The second-order valence-corrected chi connectivity index (χ2v) is 5.96. The Morgan fingerprint density at radius 2 is 2.11 bits per heavy atom. The molecule has 0 atom stereocenters. The first-order valence-electron chi connectivity index (χ1n) is 6.51. The SMILES string of the molecule is C=C1CCCN(C(=O)O)c2ccc(C(C)(C)C)nc21. The second-order valence-electron chi connectivity index (χ2n) is 5.96. The van der Waals surface area contributed by atoms with E-state index in [0.717, 1.165) is 29.8 Å². The predicted octanol–water partition coefficient (Wildman–Crippen LogP) is 3.67. The smallest absolute Gasteiger partial charge is 0.411 e. The molecular formula is C15H20N2O2. The molecule has 0 spiro atoms. The number of amides is 1. The van der Waals surface area contributed by atoms with Crippen LogP contribution in [0.25, 0.3) is 5.57 Å². The molecular weight excluding hydrogens is 240 g/mol. The van der Waals surface area contributed by atoms with E-state index in [4.69, 9.17) is 0 Å². The Morgan fingerprint density at radius 3 is 2.68 bits per heavy atom. The maximum absolute atomic E-state index is 11.3. The van der Waals surface area contributed by atoms with E-state index in [1.807, 2.05) is 12.1 Å². The van der Waals surface area contributed by atoms with E-state index in [1.165, 1.54) is 4.90 Å². The first-order chi connectivity index (χ1) is 8.80. The summed E-state index contributed by atoms with van der Waals surface area (Å²) in [5, 5.41) is 9.29. The molecule has 1 aliphatic heterocycles. The number of nitrogens with zero attached hydrogens (tertiary/aromatic N) is 2. The maximum Gasteiger partial charge on any atom is 0.411 e. The number of hydrogen-bond donors (Lipinski definition) is 1. The van der Waals surface area contributed by atoms with Crippen molar-refractivity contribution in [3.05, 3.63) is 30.1 Å². The zero-order valence-corrected chi connectivity index (χ0v) is 11.7. The normalized spacial score (nSPS) is 15.9. The van der Waals surface area contributed by atoms with Crippen LogP contribution in [0.15, 0.2) is 18.7 Å². The Kier molecular flexibility index (Phi) is 3.35. The Balaban J connectivity index is 2.57. The topological polar surface area (TPSA) is 53.4 Å². The fourth-order valence-electron chi connectivity index (χ4n) is 2.24. The van der Waals surface area contributed by atoms with Gasteiger partial charge in [0.05, 0.1) is 11.4 Å². The summed E-state index contributed by atoms with van der Waals surface area (Å²) in [6.45, 7) is 10.8. The van der Waals surface area contributed by atoms with Gasteiger partial charge in [-0.15, -0.1) is 0 Å². The fourth-order valence-corrected chi connectivity index (χ4v) is 2.24. The van der Waals surface area contributed by atoms with Crippen LogP contribution in [0.1, 0.15) is 45.0 Å². The number of hydrogen-bond acceptors (Lipinski definition) is 2. The van der Waals surface area contributed by atoms with E-state index in [0.29, 0.717) is 12.2 Å². The lowest BCUT2D eigenvalue weighted by Crippen LogP contribution is -2.30. The summed E-state index contributed by atoms with van der Waals surface area (Å²) < 4.78 is 0. The van der Waals surface area contributed by atoms with Crippen LogP contribution in [0, 0.1) is 0 Å². The minimum atomic E-state index is -0.929. The number of carboxylic acid groups (broad SMARTS) is 1. The van der Waals surface area contributed by atoms with Crippen molar-refractivity contribution in [2.24, 2.45) is 0 Å². The van der Waals surface area contributed by atoms with Gasteiger partial charge < -0.3 is 5.11 Å². The van der Waals surface area contributed by atoms with Crippen LogP contribution in [-0.2, 0) is 5.41 Å². The summed E-state index contributed by atoms with van der Waals surface area (Å²) in [6, 6.07) is 3.76. The molecule has 0 aliphatic carbocycles. The molecule has 1 aromatic heterocycles. The van der Waals surface area contributed by atoms with Gasteiger partial charge in [0.1, 0.15) is 0 Å². The summed E-state index contributed by atoms with van der Waals surface area (Å²) in [5.41, 5.74) is 3.20. The molecule has 2 rings (SSSR count). The number of pyridine rings is 1. The van der Waals surface area contributed by atoms with E-state index in [-0.39, 0.29) is 5.41 Å². The highest BCUT2D eigenvalue weighted by atomic mass is 16.4. The van der Waals surface area contributed by atoms with Crippen molar-refractivity contribution in [2.45, 2.75) is 39.0 Å². The van der Waals surface area contributed by atoms with E-state index in [9.17, 15) is 9.90 Å². The Bertz CT molecular complexity index is 529. The zero-order chi connectivity index (χ0) is 14.2. The number of carbonyl (C=O) groups is 1. The van der Waals surface area contributed by atoms with Crippen LogP contribution < -0.4 is 4.90 Å². The second kappa shape index (κ2) is 4.68. The fraction of sp³-hybridized carbons (Fsp3) is 0.467. The lowest BCUT2D eigenvalue weighted by Gasteiger charge is -2.23. The summed E-state index contributed by atoms with van der Waals surface area (Å²) in [7, 11) is 0. The molecule has 1 aromatic rings. The highest BCUT2D eigenvalue weighted by molar-refractivity contribution is 5.90. The van der Waals surface area contributed by atoms with Crippen LogP contribution in [0.5, 0.6) is 0 Å². The van der Waals surface area contributed by atoms with E-state index >= 15 is 0 Å². The first-order valence-corrected chi connectivity index (χ1v) is 6.51. The molecule has 1 amide bonds. The molecule has 0 unspecified atom stereocenters. The third kappa shape index (κ3) is 2.62. The molecule has 0 aromatic carbocycles. The van der Waals surface area contributed by atoms with Crippen molar-refractivity contribution in [3.63, 3.8) is 0 Å². The number of rotatable bonds is 0. The summed E-state index contributed by atoms with van der Waals surface area (Å²) in [4.78, 5) is 17.3. The molecule has 19 heavy (non-hydrogen) atoms. The van der Waals surface area contributed by atoms with Gasteiger partial charge in [-0.2, -0.15) is 0 Å². The highest BCUT2D eigenvalue weighted by Crippen LogP contribution is 2.33. The van der Waals surface area contributed by atoms with Crippen molar-refractivity contribution in [3.8, 4) is 0 Å². The van der Waals surface area contributed by atoms with Gasteiger partial charge in [0.2, 0.25) is 0 Å². The van der Waals surface area contributed by atoms with Gasteiger partial charge in [-0.05, 0) is 30.5 Å². The van der Waals surface area contributed by atoms with Crippen molar-refractivity contribution in [2.75, 3.05) is 11.4 Å². The third-order valence-corrected chi connectivity index (χ3v) is 3.36. The van der Waals surface area contributed by atoms with Crippen LogP contribution in [0.3, 0.4) is 0 Å². The lowest BCUT2D eigenvalue weighted by molar-refractivity contribution is 0.202. The quantitative estimate of drug-likeness (QED) is 0.774. The molecule has 4 nitrogen and oxygen atoms in total. The maximum atomic E-state index is 11.3. The lowest BCUT2D eigenvalue weighted by atomic mass is 9.91. The van der Waals surface area contributed by atoms with Gasteiger partial charge in [-0.3, -0.25) is 9.88 Å². The van der Waals surface area contributed by atoms with Crippen LogP contribution in [-0.4, -0.2) is 22.7 Å². The Morgan fingerprint density at radius 1 is 1.42 bits per heavy atom. The van der Waals surface area contributed by atoms with Crippen molar-refractivity contribution in [1.29, 1.82) is 0 Å². The molecule has 0 saturated heterocycles. The van der Waals surface area contributed by atoms with Crippen LogP contribution in [0.2, 0.25) is 0 Å². The Hall–Kier alpha value is -1.84. The van der Waals surface area contributed by atoms with Crippen molar-refractivity contribution < 1.29 is 9.90 Å². The number of aromatic nitrogens is 1. The number of fused-ring (bicyclic) bond motifs is 1. The average Bonchev–Trinajstić information content (AvgIpc) is 2.47. The number of anilines is 1. The highest BCUT2D eigenvalue weighted by Gasteiger charge is 2.25. The van der Waals surface area contributed by atoms with Crippen molar-refractivity contribution in [1.82, 2.24) is 4.98 Å². The third-order valence-electron chi connectivity index (χ3n) is 3.36. The molecule has 1 N–H and O–H groups in total. The molecule has 4 heteroatoms. The molecule has 1 aliphatic rings. The summed E-state index contributed by atoms with van der Waals surface area (Å²) in [5.74, 6) is 0. The van der Waals surface area contributed by atoms with Gasteiger partial charge in [-0.25, -0.2) is 4.79 Å². The van der Waals surface area contributed by atoms with Gasteiger partial charge in [0.15, 0.2) is 0 Å². The van der Waals surface area contributed by atoms with Crippen molar-refractivity contribution >= 4 is 17.4 Å². The van der Waals surface area contributed by atoms with E-state index in [2.05, 4.69) is 32.3 Å². The number of allylic oxidation sites excluding steroid dienone is 1. The van der Waals surface area contributed by atoms with Crippen LogP contribution >= 0.6 is 0 Å². The molecule has 0 bridgehead atoms. The van der Waals surface area contributed by atoms with Gasteiger partial charge in [0, 0.05) is 17.7 Å². The standard InChI is InChI=1S/C15H20N2O2/c1-10-6-5-9-17(14(18)19)11-7-8-12(15(2,3)4)16-13(10)11/h7-8H,1,5-6,9H2,2-4H3,(H,18,19). The molecule has 0 saturated carbocycles. The van der Waals surface area contributed by atoms with E-state index < -0.39 is 6.09 Å².